The minimum atomic E-state index is -4.04. The lowest BCUT2D eigenvalue weighted by Gasteiger charge is -2.35. The fourth-order valence-electron chi connectivity index (χ4n) is 4.60. The number of nitrogens with two attached hydrogens (primary N) is 1. The van der Waals surface area contributed by atoms with Gasteiger partial charge in [-0.2, -0.15) is 4.67 Å². The number of para-hydroxylation sites is 2. The molecule has 0 aliphatic carbocycles. The topological polar surface area (TPSA) is 136 Å². The molecule has 4 aromatic rings. The first-order valence-electron chi connectivity index (χ1n) is 14.0. The molecule has 3 unspecified atom stereocenters. The molecular formula is C29H37N6O6P. The third-order valence-corrected chi connectivity index (χ3v) is 8.95. The lowest BCUT2D eigenvalue weighted by Crippen LogP contribution is -2.39. The highest BCUT2D eigenvalue weighted by atomic mass is 31.2. The van der Waals surface area contributed by atoms with Crippen LogP contribution in [0.4, 0.5) is 5.82 Å². The molecule has 0 bridgehead atoms. The van der Waals surface area contributed by atoms with Gasteiger partial charge in [-0.05, 0) is 44.5 Å². The van der Waals surface area contributed by atoms with Crippen molar-refractivity contribution in [3.8, 4) is 11.5 Å². The van der Waals surface area contributed by atoms with Crippen LogP contribution in [-0.2, 0) is 25.3 Å². The molecular weight excluding hydrogens is 559 g/mol. The molecule has 5 rings (SSSR count). The average molecular weight is 597 g/mol. The molecule has 0 spiro atoms. The van der Waals surface area contributed by atoms with Crippen molar-refractivity contribution in [2.24, 2.45) is 0 Å². The van der Waals surface area contributed by atoms with Crippen molar-refractivity contribution >= 4 is 24.7 Å². The Kier molecular flexibility index (Phi) is 9.71. The maximum Gasteiger partial charge on any atom is 0.517 e. The van der Waals surface area contributed by atoms with Crippen LogP contribution in [0.25, 0.3) is 11.2 Å². The van der Waals surface area contributed by atoms with Crippen LogP contribution >= 0.6 is 7.75 Å². The number of nitrogen functional groups attached to an aromatic ring is 1. The van der Waals surface area contributed by atoms with E-state index in [0.29, 0.717) is 48.1 Å². The molecule has 13 heteroatoms. The summed E-state index contributed by atoms with van der Waals surface area (Å²) in [6.45, 7) is 6.78. The Morgan fingerprint density at radius 3 is 2.33 bits per heavy atom. The Morgan fingerprint density at radius 1 is 1.05 bits per heavy atom. The van der Waals surface area contributed by atoms with Crippen molar-refractivity contribution in [1.82, 2.24) is 24.2 Å². The van der Waals surface area contributed by atoms with E-state index in [1.807, 2.05) is 54.8 Å². The van der Waals surface area contributed by atoms with E-state index in [0.717, 1.165) is 6.42 Å². The fraction of sp³-hybridized carbons (Fsp3) is 0.414. The van der Waals surface area contributed by atoms with Gasteiger partial charge in [0.05, 0.1) is 31.7 Å². The van der Waals surface area contributed by atoms with Crippen molar-refractivity contribution in [2.75, 3.05) is 19.1 Å². The summed E-state index contributed by atoms with van der Waals surface area (Å²) in [4.78, 5) is 12.6. The lowest BCUT2D eigenvalue weighted by molar-refractivity contribution is -0.0799. The van der Waals surface area contributed by atoms with Gasteiger partial charge in [0, 0.05) is 12.5 Å². The minimum Gasteiger partial charge on any atom is -0.404 e. The Bertz CT molecular complexity index is 1430. The van der Waals surface area contributed by atoms with E-state index in [4.69, 9.17) is 29.0 Å². The molecule has 1 fully saturated rings. The average Bonchev–Trinajstić information content (AvgIpc) is 3.61. The standard InChI is InChI=1S/C29H37N6O6P/c1-4-23-17-37-26(39-23)15-21(2)35(20-38-22(3)16-34-19-33-27-28(30)31-18-32-29(27)34)42(36,40-24-11-7-5-8-12-24)41-25-13-9-6-10-14-25/h5-14,18-19,21-23,26H,4,15-17,20H2,1-3H3,(H2,30,31,32)/t21?,22-,23?,26?/m1/s1. The number of imidazole rings is 1. The Morgan fingerprint density at radius 2 is 1.71 bits per heavy atom. The van der Waals surface area contributed by atoms with Gasteiger partial charge in [0.15, 0.2) is 17.8 Å². The second-order valence-electron chi connectivity index (χ2n) is 10.2. The van der Waals surface area contributed by atoms with Crippen molar-refractivity contribution in [1.29, 1.82) is 0 Å². The number of benzene rings is 2. The van der Waals surface area contributed by atoms with E-state index >= 15 is 0 Å². The quantitative estimate of drug-likeness (QED) is 0.151. The predicted octanol–water partition coefficient (Wildman–Crippen LogP) is 5.27. The maximum absolute atomic E-state index is 14.8. The second kappa shape index (κ2) is 13.6. The molecule has 224 valence electrons. The van der Waals surface area contributed by atoms with Crippen molar-refractivity contribution in [3.63, 3.8) is 0 Å². The van der Waals surface area contributed by atoms with Crippen LogP contribution in [0.1, 0.15) is 33.6 Å². The summed E-state index contributed by atoms with van der Waals surface area (Å²) in [6, 6.07) is 17.5. The SMILES string of the molecule is CCC1COC(CC(C)N(CO[C@H](C)Cn2cnc3c(N)ncnc32)P(=O)(Oc2ccccc2)Oc2ccccc2)O1. The van der Waals surface area contributed by atoms with Gasteiger partial charge in [-0.1, -0.05) is 43.3 Å². The van der Waals surface area contributed by atoms with E-state index in [9.17, 15) is 4.57 Å². The molecule has 2 aromatic carbocycles. The monoisotopic (exact) mass is 596 g/mol. The second-order valence-corrected chi connectivity index (χ2v) is 12.0. The number of rotatable bonds is 14. The molecule has 4 atom stereocenters. The van der Waals surface area contributed by atoms with Gasteiger partial charge < -0.3 is 33.6 Å². The van der Waals surface area contributed by atoms with E-state index in [1.165, 1.54) is 6.33 Å². The summed E-state index contributed by atoms with van der Waals surface area (Å²) >= 11 is 0. The largest absolute Gasteiger partial charge is 0.517 e. The highest BCUT2D eigenvalue weighted by Gasteiger charge is 2.42. The van der Waals surface area contributed by atoms with Crippen molar-refractivity contribution < 1.29 is 27.8 Å². The van der Waals surface area contributed by atoms with Gasteiger partial charge in [-0.15, -0.1) is 0 Å². The normalized spacial score (nSPS) is 18.8. The third-order valence-electron chi connectivity index (χ3n) is 6.93. The molecule has 3 heterocycles. The molecule has 2 aromatic heterocycles. The summed E-state index contributed by atoms with van der Waals surface area (Å²) in [7, 11) is -4.04. The first-order chi connectivity index (χ1) is 20.3. The van der Waals surface area contributed by atoms with Gasteiger partial charge in [-0.25, -0.2) is 19.5 Å². The lowest BCUT2D eigenvalue weighted by atomic mass is 10.2. The van der Waals surface area contributed by atoms with Gasteiger partial charge in [0.25, 0.3) is 0 Å². The molecule has 12 nitrogen and oxygen atoms in total. The Hall–Kier alpha value is -3.54. The summed E-state index contributed by atoms with van der Waals surface area (Å²) in [5.41, 5.74) is 7.08. The molecule has 1 aliphatic heterocycles. The predicted molar refractivity (Wildman–Crippen MR) is 158 cm³/mol. The summed E-state index contributed by atoms with van der Waals surface area (Å²) < 4.78 is 48.8. The molecule has 1 saturated heterocycles. The Balaban J connectivity index is 1.39. The van der Waals surface area contributed by atoms with Crippen LogP contribution in [-0.4, -0.2) is 62.1 Å². The van der Waals surface area contributed by atoms with Crippen molar-refractivity contribution in [2.45, 2.75) is 64.7 Å². The molecule has 1 aliphatic rings. The van der Waals surface area contributed by atoms with Gasteiger partial charge in [0.2, 0.25) is 0 Å². The number of hydrogen-bond donors (Lipinski definition) is 1. The fourth-order valence-corrected chi connectivity index (χ4v) is 6.41. The van der Waals surface area contributed by atoms with E-state index in [1.54, 1.807) is 35.3 Å². The van der Waals surface area contributed by atoms with Crippen LogP contribution in [0.15, 0.2) is 73.3 Å². The van der Waals surface area contributed by atoms with Gasteiger partial charge >= 0.3 is 7.75 Å². The molecule has 0 saturated carbocycles. The molecule has 2 N–H and O–H groups in total. The smallest absolute Gasteiger partial charge is 0.404 e. The number of anilines is 1. The van der Waals surface area contributed by atoms with Crippen LogP contribution in [0.5, 0.6) is 11.5 Å². The van der Waals surface area contributed by atoms with E-state index in [-0.39, 0.29) is 25.0 Å². The minimum absolute atomic E-state index is 0.0303. The van der Waals surface area contributed by atoms with Gasteiger partial charge in [-0.3, -0.25) is 0 Å². The summed E-state index contributed by atoms with van der Waals surface area (Å²) in [5, 5.41) is 0. The molecule has 0 radical (unpaired) electrons. The number of nitrogens with zero attached hydrogens (tertiary/aromatic N) is 5. The third kappa shape index (κ3) is 7.26. The van der Waals surface area contributed by atoms with Crippen LogP contribution in [0, 0.1) is 0 Å². The summed E-state index contributed by atoms with van der Waals surface area (Å²) in [5.74, 6) is 1.12. The number of ether oxygens (including phenoxy) is 3. The Labute approximate surface area is 245 Å². The zero-order chi connectivity index (χ0) is 29.5. The van der Waals surface area contributed by atoms with Crippen LogP contribution in [0.2, 0.25) is 0 Å². The van der Waals surface area contributed by atoms with E-state index < -0.39 is 14.0 Å². The highest BCUT2D eigenvalue weighted by molar-refractivity contribution is 7.52. The zero-order valence-corrected chi connectivity index (χ0v) is 24.9. The van der Waals surface area contributed by atoms with Gasteiger partial charge in [0.1, 0.15) is 30.1 Å². The first-order valence-corrected chi connectivity index (χ1v) is 15.5. The molecule has 0 amide bonds. The summed E-state index contributed by atoms with van der Waals surface area (Å²) in [6.07, 6.45) is 3.57. The number of fused-ring (bicyclic) bond motifs is 1. The first kappa shape index (κ1) is 29.9. The van der Waals surface area contributed by atoms with Crippen molar-refractivity contribution in [3.05, 3.63) is 73.3 Å². The number of hydrogen-bond acceptors (Lipinski definition) is 10. The zero-order valence-electron chi connectivity index (χ0n) is 24.0. The van der Waals surface area contributed by atoms with E-state index in [2.05, 4.69) is 21.9 Å². The highest BCUT2D eigenvalue weighted by Crippen LogP contribution is 2.53. The molecule has 42 heavy (non-hydrogen) atoms. The van der Waals surface area contributed by atoms with Crippen LogP contribution < -0.4 is 14.8 Å². The maximum atomic E-state index is 14.8. The number of aromatic nitrogens is 4. The van der Waals surface area contributed by atoms with Crippen LogP contribution in [0.3, 0.4) is 0 Å².